The zero-order chi connectivity index (χ0) is 18.9. The van der Waals surface area contributed by atoms with E-state index in [1.165, 1.54) is 0 Å². The predicted molar refractivity (Wildman–Crippen MR) is 110 cm³/mol. The summed E-state index contributed by atoms with van der Waals surface area (Å²) < 4.78 is 5.77. The smallest absolute Gasteiger partial charge is 0.237 e. The molecule has 3 atom stereocenters. The van der Waals surface area contributed by atoms with Crippen LogP contribution in [0, 0.1) is 5.92 Å². The van der Waals surface area contributed by atoms with E-state index in [0.717, 1.165) is 12.0 Å². The van der Waals surface area contributed by atoms with Crippen molar-refractivity contribution in [3.8, 4) is 5.75 Å². The van der Waals surface area contributed by atoms with Gasteiger partial charge in [0.1, 0.15) is 12.4 Å². The SMILES string of the molecule is CCC(C)C(N)C(=O)NCC(O)c1cccc(OCc2ccccc2)c1.Cl. The van der Waals surface area contributed by atoms with Crippen LogP contribution in [0.15, 0.2) is 54.6 Å². The van der Waals surface area contributed by atoms with E-state index in [9.17, 15) is 9.90 Å². The van der Waals surface area contributed by atoms with Gasteiger partial charge in [-0.25, -0.2) is 0 Å². The Bertz CT molecular complexity index is 697. The molecule has 0 aliphatic rings. The zero-order valence-electron chi connectivity index (χ0n) is 15.8. The number of rotatable bonds is 9. The lowest BCUT2D eigenvalue weighted by Crippen LogP contribution is -2.45. The number of nitrogens with one attached hydrogen (secondary N) is 1. The lowest BCUT2D eigenvalue weighted by molar-refractivity contribution is -0.123. The molecule has 6 heteroatoms. The largest absolute Gasteiger partial charge is 0.489 e. The summed E-state index contributed by atoms with van der Waals surface area (Å²) in [6.45, 7) is 4.51. The molecule has 148 valence electrons. The third kappa shape index (κ3) is 7.21. The van der Waals surface area contributed by atoms with Gasteiger partial charge in [-0.2, -0.15) is 0 Å². The van der Waals surface area contributed by atoms with Crippen LogP contribution in [0.5, 0.6) is 5.75 Å². The van der Waals surface area contributed by atoms with Gasteiger partial charge in [-0.1, -0.05) is 62.7 Å². The van der Waals surface area contributed by atoms with E-state index in [2.05, 4.69) is 5.32 Å². The first kappa shape index (κ1) is 23.0. The molecule has 0 heterocycles. The highest BCUT2D eigenvalue weighted by Crippen LogP contribution is 2.20. The quantitative estimate of drug-likeness (QED) is 0.611. The van der Waals surface area contributed by atoms with Crippen LogP contribution in [-0.2, 0) is 11.4 Å². The van der Waals surface area contributed by atoms with Crippen molar-refractivity contribution in [2.45, 2.75) is 39.0 Å². The summed E-state index contributed by atoms with van der Waals surface area (Å²) in [5, 5.41) is 13.1. The second kappa shape index (κ2) is 11.6. The maximum Gasteiger partial charge on any atom is 0.237 e. The molecule has 0 spiro atoms. The fraction of sp³-hybridized carbons (Fsp3) is 0.381. The Morgan fingerprint density at radius 1 is 1.19 bits per heavy atom. The molecule has 0 radical (unpaired) electrons. The van der Waals surface area contributed by atoms with E-state index >= 15 is 0 Å². The average molecular weight is 393 g/mol. The lowest BCUT2D eigenvalue weighted by atomic mass is 9.99. The van der Waals surface area contributed by atoms with E-state index in [4.69, 9.17) is 10.5 Å². The zero-order valence-corrected chi connectivity index (χ0v) is 16.6. The van der Waals surface area contributed by atoms with Gasteiger partial charge in [-0.05, 0) is 29.2 Å². The van der Waals surface area contributed by atoms with Gasteiger partial charge in [0.15, 0.2) is 0 Å². The molecule has 0 aromatic heterocycles. The van der Waals surface area contributed by atoms with Gasteiger partial charge >= 0.3 is 0 Å². The average Bonchev–Trinajstić information content (AvgIpc) is 2.70. The summed E-state index contributed by atoms with van der Waals surface area (Å²) >= 11 is 0. The third-order valence-corrected chi connectivity index (χ3v) is 4.52. The van der Waals surface area contributed by atoms with E-state index in [1.807, 2.05) is 56.3 Å². The minimum Gasteiger partial charge on any atom is -0.489 e. The molecule has 0 aliphatic heterocycles. The number of aliphatic hydroxyl groups is 1. The number of nitrogens with two attached hydrogens (primary N) is 1. The van der Waals surface area contributed by atoms with Gasteiger partial charge in [-0.3, -0.25) is 4.79 Å². The first-order valence-electron chi connectivity index (χ1n) is 8.99. The van der Waals surface area contributed by atoms with Gasteiger partial charge in [0.05, 0.1) is 12.1 Å². The highest BCUT2D eigenvalue weighted by Gasteiger charge is 2.20. The van der Waals surface area contributed by atoms with Gasteiger partial charge < -0.3 is 20.9 Å². The number of benzene rings is 2. The van der Waals surface area contributed by atoms with Gasteiger partial charge in [-0.15, -0.1) is 12.4 Å². The minimum absolute atomic E-state index is 0. The summed E-state index contributed by atoms with van der Waals surface area (Å²) in [4.78, 5) is 12.0. The standard InChI is InChI=1S/C21H28N2O3.ClH/c1-3-15(2)20(22)21(25)23-13-19(24)17-10-7-11-18(12-17)26-14-16-8-5-4-6-9-16;/h4-12,15,19-20,24H,3,13-14,22H2,1-2H3,(H,23,25);1H. The first-order chi connectivity index (χ1) is 12.5. The highest BCUT2D eigenvalue weighted by atomic mass is 35.5. The molecular weight excluding hydrogens is 364 g/mol. The number of hydrogen-bond acceptors (Lipinski definition) is 4. The molecule has 2 aromatic rings. The van der Waals surface area contributed by atoms with Crippen molar-refractivity contribution in [1.82, 2.24) is 5.32 Å². The van der Waals surface area contributed by atoms with Gasteiger partial charge in [0, 0.05) is 6.54 Å². The Kier molecular flexibility index (Phi) is 9.86. The number of ether oxygens (including phenoxy) is 1. The van der Waals surface area contributed by atoms with E-state index in [1.54, 1.807) is 12.1 Å². The fourth-order valence-corrected chi connectivity index (χ4v) is 2.50. The monoisotopic (exact) mass is 392 g/mol. The van der Waals surface area contributed by atoms with Crippen LogP contribution in [0.3, 0.4) is 0 Å². The van der Waals surface area contributed by atoms with Gasteiger partial charge in [0.2, 0.25) is 5.91 Å². The van der Waals surface area contributed by atoms with Crippen molar-refractivity contribution in [1.29, 1.82) is 0 Å². The molecule has 0 fully saturated rings. The first-order valence-corrected chi connectivity index (χ1v) is 8.99. The Morgan fingerprint density at radius 2 is 1.89 bits per heavy atom. The second-order valence-electron chi connectivity index (χ2n) is 6.52. The van der Waals surface area contributed by atoms with Crippen LogP contribution in [-0.4, -0.2) is 23.6 Å². The number of amides is 1. The van der Waals surface area contributed by atoms with E-state index < -0.39 is 12.1 Å². The van der Waals surface area contributed by atoms with Crippen molar-refractivity contribution in [3.05, 3.63) is 65.7 Å². The summed E-state index contributed by atoms with van der Waals surface area (Å²) in [5.74, 6) is 0.532. The van der Waals surface area contributed by atoms with Crippen LogP contribution in [0.4, 0.5) is 0 Å². The van der Waals surface area contributed by atoms with Crippen molar-refractivity contribution < 1.29 is 14.6 Å². The molecule has 0 aliphatic carbocycles. The Morgan fingerprint density at radius 3 is 2.56 bits per heavy atom. The summed E-state index contributed by atoms with van der Waals surface area (Å²) in [5.41, 5.74) is 7.66. The number of carbonyl (C=O) groups excluding carboxylic acids is 1. The molecule has 0 saturated carbocycles. The third-order valence-electron chi connectivity index (χ3n) is 4.52. The molecule has 2 rings (SSSR count). The summed E-state index contributed by atoms with van der Waals surface area (Å²) in [7, 11) is 0. The van der Waals surface area contributed by atoms with Gasteiger partial charge in [0.25, 0.3) is 0 Å². The number of hydrogen-bond donors (Lipinski definition) is 3. The Balaban J connectivity index is 0.00000364. The van der Waals surface area contributed by atoms with Crippen LogP contribution in [0.1, 0.15) is 37.5 Å². The molecule has 4 N–H and O–H groups in total. The van der Waals surface area contributed by atoms with Crippen molar-refractivity contribution in [2.75, 3.05) is 6.54 Å². The van der Waals surface area contributed by atoms with Crippen LogP contribution in [0.2, 0.25) is 0 Å². The summed E-state index contributed by atoms with van der Waals surface area (Å²) in [6, 6.07) is 16.6. The minimum atomic E-state index is -0.816. The summed E-state index contributed by atoms with van der Waals surface area (Å²) in [6.07, 6.45) is 0.0150. The topological polar surface area (TPSA) is 84.6 Å². The molecule has 0 bridgehead atoms. The van der Waals surface area contributed by atoms with Crippen molar-refractivity contribution >= 4 is 18.3 Å². The number of halogens is 1. The van der Waals surface area contributed by atoms with Crippen LogP contribution < -0.4 is 15.8 Å². The normalized spacial score (nSPS) is 13.8. The maximum absolute atomic E-state index is 12.0. The maximum atomic E-state index is 12.0. The molecule has 2 aromatic carbocycles. The highest BCUT2D eigenvalue weighted by molar-refractivity contribution is 5.85. The van der Waals surface area contributed by atoms with Crippen molar-refractivity contribution in [2.24, 2.45) is 11.7 Å². The number of aliphatic hydroxyl groups excluding tert-OH is 1. The molecule has 3 unspecified atom stereocenters. The molecular formula is C21H29ClN2O3. The Hall–Kier alpha value is -2.08. The lowest BCUT2D eigenvalue weighted by Gasteiger charge is -2.19. The Labute approximate surface area is 167 Å². The van der Waals surface area contributed by atoms with Crippen LogP contribution in [0.25, 0.3) is 0 Å². The van der Waals surface area contributed by atoms with Crippen molar-refractivity contribution in [3.63, 3.8) is 0 Å². The molecule has 5 nitrogen and oxygen atoms in total. The molecule has 27 heavy (non-hydrogen) atoms. The van der Waals surface area contributed by atoms with E-state index in [0.29, 0.717) is 17.9 Å². The second-order valence-corrected chi connectivity index (χ2v) is 6.52. The molecule has 0 saturated heterocycles. The fourth-order valence-electron chi connectivity index (χ4n) is 2.50. The number of carbonyl (C=O) groups is 1. The van der Waals surface area contributed by atoms with Crippen LogP contribution >= 0.6 is 12.4 Å². The predicted octanol–water partition coefficient (Wildman–Crippen LogP) is 3.21. The van der Waals surface area contributed by atoms with E-state index in [-0.39, 0.29) is 30.8 Å². The molecule has 1 amide bonds.